The van der Waals surface area contributed by atoms with Gasteiger partial charge in [0, 0.05) is 6.54 Å². The molecular formula is C16H20ClN3O2S. The number of aliphatic imine (C=N–C) groups is 1. The maximum Gasteiger partial charge on any atom is 0.254 e. The van der Waals surface area contributed by atoms with Crippen molar-refractivity contribution in [2.45, 2.75) is 26.0 Å². The van der Waals surface area contributed by atoms with E-state index in [1.807, 2.05) is 19.9 Å². The Bertz CT molecular complexity index is 634. The van der Waals surface area contributed by atoms with Crippen LogP contribution in [0.2, 0.25) is 5.02 Å². The zero-order valence-electron chi connectivity index (χ0n) is 13.4. The average Bonchev–Trinajstić information content (AvgIpc) is 2.86. The van der Waals surface area contributed by atoms with Crippen LogP contribution < -0.4 is 10.2 Å². The van der Waals surface area contributed by atoms with Crippen LogP contribution in [0.15, 0.2) is 29.3 Å². The van der Waals surface area contributed by atoms with Crippen LogP contribution in [0.5, 0.6) is 0 Å². The van der Waals surface area contributed by atoms with Crippen molar-refractivity contribution < 1.29 is 9.59 Å². The molecule has 5 nitrogen and oxygen atoms in total. The molecule has 124 valence electrons. The molecule has 0 aromatic heterocycles. The highest BCUT2D eigenvalue weighted by Crippen LogP contribution is 2.31. The first-order valence-electron chi connectivity index (χ1n) is 7.46. The van der Waals surface area contributed by atoms with Crippen LogP contribution in [-0.2, 0) is 9.59 Å². The molecule has 0 fully saturated rings. The number of thioether (sulfide) groups is 1. The van der Waals surface area contributed by atoms with Crippen molar-refractivity contribution in [3.05, 3.63) is 29.3 Å². The lowest BCUT2D eigenvalue weighted by Crippen LogP contribution is -2.37. The highest BCUT2D eigenvalue weighted by Gasteiger charge is 2.31. The van der Waals surface area contributed by atoms with E-state index < -0.39 is 0 Å². The number of rotatable bonds is 5. The van der Waals surface area contributed by atoms with E-state index in [0.29, 0.717) is 28.3 Å². The van der Waals surface area contributed by atoms with Gasteiger partial charge in [-0.05, 0) is 25.0 Å². The Hall–Kier alpha value is -1.53. The number of halogens is 1. The fourth-order valence-corrected chi connectivity index (χ4v) is 3.18. The molecule has 0 radical (unpaired) electrons. The smallest absolute Gasteiger partial charge is 0.254 e. The first-order chi connectivity index (χ1) is 10.9. The number of para-hydroxylation sites is 1. The fourth-order valence-electron chi connectivity index (χ4n) is 2.00. The average molecular weight is 354 g/mol. The summed E-state index contributed by atoms with van der Waals surface area (Å²) in [7, 11) is 0. The second-order valence-corrected chi connectivity index (χ2v) is 7.39. The summed E-state index contributed by atoms with van der Waals surface area (Å²) in [6.45, 7) is 6.58. The summed E-state index contributed by atoms with van der Waals surface area (Å²) in [5, 5.41) is 3.53. The molecule has 0 bridgehead atoms. The van der Waals surface area contributed by atoms with Gasteiger partial charge in [0.15, 0.2) is 5.17 Å². The fraction of sp³-hybridized carbons (Fsp3) is 0.438. The van der Waals surface area contributed by atoms with Crippen LogP contribution in [-0.4, -0.2) is 35.3 Å². The molecule has 0 spiro atoms. The standard InChI is InChI=1S/C16H20ClN3O2S/c1-10(2)8-18-15(22)11(3)23-16-19-9-14(21)20(16)13-7-5-4-6-12(13)17/h4-7,10-11H,8-9H2,1-3H3,(H,18,22)/t11-/m0/s1. The molecule has 2 rings (SSSR count). The van der Waals surface area contributed by atoms with E-state index in [2.05, 4.69) is 10.3 Å². The molecule has 1 aliphatic heterocycles. The number of amidine groups is 1. The third kappa shape index (κ3) is 4.48. The van der Waals surface area contributed by atoms with Gasteiger partial charge in [0.2, 0.25) is 5.91 Å². The Morgan fingerprint density at radius 2 is 2.09 bits per heavy atom. The van der Waals surface area contributed by atoms with Gasteiger partial charge in [0.05, 0.1) is 16.0 Å². The molecular weight excluding hydrogens is 334 g/mol. The van der Waals surface area contributed by atoms with Gasteiger partial charge < -0.3 is 5.32 Å². The van der Waals surface area contributed by atoms with Gasteiger partial charge >= 0.3 is 0 Å². The number of nitrogens with one attached hydrogen (secondary N) is 1. The van der Waals surface area contributed by atoms with Gasteiger partial charge in [-0.3, -0.25) is 19.5 Å². The van der Waals surface area contributed by atoms with E-state index in [9.17, 15) is 9.59 Å². The summed E-state index contributed by atoms with van der Waals surface area (Å²) in [4.78, 5) is 30.0. The Balaban J connectivity index is 2.08. The Kier molecular flexibility index (Phi) is 6.07. The number of carbonyl (C=O) groups is 2. The second-order valence-electron chi connectivity index (χ2n) is 5.68. The maximum absolute atomic E-state index is 12.1. The molecule has 0 saturated carbocycles. The first kappa shape index (κ1) is 17.8. The SMILES string of the molecule is CC(C)CNC(=O)[C@H](C)SC1=NCC(=O)N1c1ccccc1Cl. The normalized spacial score (nSPS) is 15.8. The maximum atomic E-state index is 12.1. The van der Waals surface area contributed by atoms with Crippen molar-refractivity contribution in [3.8, 4) is 0 Å². The number of hydrogen-bond acceptors (Lipinski definition) is 4. The summed E-state index contributed by atoms with van der Waals surface area (Å²) in [6.07, 6.45) is 0. The van der Waals surface area contributed by atoms with Gasteiger partial charge in [0.25, 0.3) is 5.91 Å². The minimum Gasteiger partial charge on any atom is -0.355 e. The quantitative estimate of drug-likeness (QED) is 0.885. The van der Waals surface area contributed by atoms with E-state index in [0.717, 1.165) is 0 Å². The number of amides is 2. The van der Waals surface area contributed by atoms with Gasteiger partial charge in [-0.15, -0.1) is 0 Å². The molecule has 0 saturated heterocycles. The molecule has 1 aromatic carbocycles. The number of hydrogen-bond donors (Lipinski definition) is 1. The van der Waals surface area contributed by atoms with E-state index in [4.69, 9.17) is 11.6 Å². The highest BCUT2D eigenvalue weighted by molar-refractivity contribution is 8.15. The molecule has 1 heterocycles. The number of nitrogens with zero attached hydrogens (tertiary/aromatic N) is 2. The molecule has 0 aliphatic carbocycles. The van der Waals surface area contributed by atoms with Crippen LogP contribution in [0.4, 0.5) is 5.69 Å². The van der Waals surface area contributed by atoms with E-state index in [1.54, 1.807) is 25.1 Å². The number of carbonyl (C=O) groups excluding carboxylic acids is 2. The van der Waals surface area contributed by atoms with Crippen molar-refractivity contribution in [3.63, 3.8) is 0 Å². The van der Waals surface area contributed by atoms with Crippen LogP contribution in [0.1, 0.15) is 20.8 Å². The van der Waals surface area contributed by atoms with Crippen LogP contribution in [0, 0.1) is 5.92 Å². The van der Waals surface area contributed by atoms with Gasteiger partial charge in [0.1, 0.15) is 6.54 Å². The minimum atomic E-state index is -0.344. The Morgan fingerprint density at radius 1 is 1.39 bits per heavy atom. The van der Waals surface area contributed by atoms with Crippen molar-refractivity contribution in [1.29, 1.82) is 0 Å². The van der Waals surface area contributed by atoms with Crippen LogP contribution in [0.25, 0.3) is 0 Å². The van der Waals surface area contributed by atoms with Gasteiger partial charge in [-0.1, -0.05) is 49.3 Å². The molecule has 7 heteroatoms. The van der Waals surface area contributed by atoms with Crippen molar-refractivity contribution in [1.82, 2.24) is 5.32 Å². The van der Waals surface area contributed by atoms with Crippen molar-refractivity contribution in [2.75, 3.05) is 18.0 Å². The topological polar surface area (TPSA) is 61.8 Å². The lowest BCUT2D eigenvalue weighted by Gasteiger charge is -2.21. The van der Waals surface area contributed by atoms with Crippen LogP contribution in [0.3, 0.4) is 0 Å². The third-order valence-electron chi connectivity index (χ3n) is 3.22. The monoisotopic (exact) mass is 353 g/mol. The van der Waals surface area contributed by atoms with Crippen LogP contribution >= 0.6 is 23.4 Å². The molecule has 1 aliphatic rings. The number of benzene rings is 1. The zero-order chi connectivity index (χ0) is 17.0. The van der Waals surface area contributed by atoms with Crippen molar-refractivity contribution >= 4 is 46.0 Å². The Morgan fingerprint density at radius 3 is 2.74 bits per heavy atom. The highest BCUT2D eigenvalue weighted by atomic mass is 35.5. The van der Waals surface area contributed by atoms with Gasteiger partial charge in [-0.2, -0.15) is 0 Å². The summed E-state index contributed by atoms with van der Waals surface area (Å²) in [5.41, 5.74) is 0.595. The lowest BCUT2D eigenvalue weighted by molar-refractivity contribution is -0.120. The molecule has 1 atom stereocenters. The predicted octanol–water partition coefficient (Wildman–Crippen LogP) is 2.94. The molecule has 2 amide bonds. The minimum absolute atomic E-state index is 0.0649. The molecule has 1 aromatic rings. The number of anilines is 1. The summed E-state index contributed by atoms with van der Waals surface area (Å²) in [6, 6.07) is 7.11. The summed E-state index contributed by atoms with van der Waals surface area (Å²) < 4.78 is 0. The summed E-state index contributed by atoms with van der Waals surface area (Å²) in [5.74, 6) is 0.182. The van der Waals surface area contributed by atoms with Crippen molar-refractivity contribution in [2.24, 2.45) is 10.9 Å². The molecule has 0 unspecified atom stereocenters. The molecule has 1 N–H and O–H groups in total. The van der Waals surface area contributed by atoms with Gasteiger partial charge in [-0.25, -0.2) is 0 Å². The third-order valence-corrected chi connectivity index (χ3v) is 4.63. The van der Waals surface area contributed by atoms with E-state index in [1.165, 1.54) is 16.7 Å². The largest absolute Gasteiger partial charge is 0.355 e. The Labute approximate surface area is 145 Å². The van der Waals surface area contributed by atoms with E-state index >= 15 is 0 Å². The molecule has 23 heavy (non-hydrogen) atoms. The van der Waals surface area contributed by atoms with E-state index in [-0.39, 0.29) is 23.6 Å². The zero-order valence-corrected chi connectivity index (χ0v) is 14.9. The lowest BCUT2D eigenvalue weighted by atomic mass is 10.2. The summed E-state index contributed by atoms with van der Waals surface area (Å²) >= 11 is 7.45. The first-order valence-corrected chi connectivity index (χ1v) is 8.72. The predicted molar refractivity (Wildman–Crippen MR) is 96.1 cm³/mol. The second kappa shape index (κ2) is 7.84.